The maximum absolute atomic E-state index is 6.30. The summed E-state index contributed by atoms with van der Waals surface area (Å²) in [6.07, 6.45) is 0.167. The van der Waals surface area contributed by atoms with E-state index in [2.05, 4.69) is 15.9 Å². The maximum atomic E-state index is 6.30. The Morgan fingerprint density at radius 3 is 2.30 bits per heavy atom. The lowest BCUT2D eigenvalue weighted by molar-refractivity contribution is 0.242. The summed E-state index contributed by atoms with van der Waals surface area (Å²) < 4.78 is 6.54. The van der Waals surface area contributed by atoms with Crippen molar-refractivity contribution in [2.75, 3.05) is 0 Å². The van der Waals surface area contributed by atoms with Gasteiger partial charge in [-0.3, -0.25) is 0 Å². The van der Waals surface area contributed by atoms with Gasteiger partial charge in [0.1, 0.15) is 5.75 Å². The second-order valence-corrected chi connectivity index (χ2v) is 6.17. The molecule has 1 atom stereocenters. The highest BCUT2D eigenvalue weighted by Gasteiger charge is 2.12. The standard InChI is InChI=1S/C16H17BrClNO/c1-10(2)20-13-6-3-11(4-7-13)16(19)14-8-5-12(18)9-15(14)17/h3-10,16H,19H2,1-2H3. The lowest BCUT2D eigenvalue weighted by Gasteiger charge is -2.16. The van der Waals surface area contributed by atoms with Gasteiger partial charge in [0.15, 0.2) is 0 Å². The Bertz CT molecular complexity index is 584. The number of hydrogen-bond acceptors (Lipinski definition) is 2. The van der Waals surface area contributed by atoms with Crippen molar-refractivity contribution in [2.45, 2.75) is 26.0 Å². The molecular formula is C16H17BrClNO. The van der Waals surface area contributed by atoms with Crippen LogP contribution in [0, 0.1) is 0 Å². The van der Waals surface area contributed by atoms with Crippen LogP contribution in [0.4, 0.5) is 0 Å². The van der Waals surface area contributed by atoms with Crippen molar-refractivity contribution in [3.05, 3.63) is 63.1 Å². The first-order valence-electron chi connectivity index (χ1n) is 6.44. The summed E-state index contributed by atoms with van der Waals surface area (Å²) in [7, 11) is 0. The van der Waals surface area contributed by atoms with Crippen LogP contribution < -0.4 is 10.5 Å². The second kappa shape index (κ2) is 6.61. The third-order valence-electron chi connectivity index (χ3n) is 2.91. The number of benzene rings is 2. The van der Waals surface area contributed by atoms with E-state index in [9.17, 15) is 0 Å². The molecule has 106 valence electrons. The van der Waals surface area contributed by atoms with Gasteiger partial charge < -0.3 is 10.5 Å². The largest absolute Gasteiger partial charge is 0.491 e. The summed E-state index contributed by atoms with van der Waals surface area (Å²) >= 11 is 9.45. The molecule has 2 aromatic rings. The number of halogens is 2. The highest BCUT2D eigenvalue weighted by atomic mass is 79.9. The van der Waals surface area contributed by atoms with E-state index in [1.807, 2.05) is 56.3 Å². The summed E-state index contributed by atoms with van der Waals surface area (Å²) in [6, 6.07) is 13.3. The predicted octanol–water partition coefficient (Wildman–Crippen LogP) is 4.94. The van der Waals surface area contributed by atoms with E-state index in [1.165, 1.54) is 0 Å². The van der Waals surface area contributed by atoms with Crippen LogP contribution in [0.25, 0.3) is 0 Å². The molecule has 0 amide bonds. The first-order valence-corrected chi connectivity index (χ1v) is 7.61. The Labute approximate surface area is 133 Å². The highest BCUT2D eigenvalue weighted by molar-refractivity contribution is 9.10. The average molecular weight is 355 g/mol. The zero-order valence-corrected chi connectivity index (χ0v) is 13.8. The molecule has 0 aromatic heterocycles. The van der Waals surface area contributed by atoms with Crippen molar-refractivity contribution < 1.29 is 4.74 Å². The molecule has 0 bridgehead atoms. The zero-order chi connectivity index (χ0) is 14.7. The third kappa shape index (κ3) is 3.75. The molecule has 0 saturated carbocycles. The molecule has 2 N–H and O–H groups in total. The fourth-order valence-corrected chi connectivity index (χ4v) is 2.89. The smallest absolute Gasteiger partial charge is 0.119 e. The van der Waals surface area contributed by atoms with Crippen LogP contribution in [0.15, 0.2) is 46.9 Å². The van der Waals surface area contributed by atoms with Gasteiger partial charge in [0, 0.05) is 9.50 Å². The first-order chi connectivity index (χ1) is 9.47. The van der Waals surface area contributed by atoms with E-state index in [-0.39, 0.29) is 12.1 Å². The summed E-state index contributed by atoms with van der Waals surface area (Å²) in [5, 5.41) is 0.688. The zero-order valence-electron chi connectivity index (χ0n) is 11.4. The minimum absolute atomic E-state index is 0.167. The molecule has 0 fully saturated rings. The van der Waals surface area contributed by atoms with Crippen LogP contribution >= 0.6 is 27.5 Å². The first kappa shape index (κ1) is 15.4. The summed E-state index contributed by atoms with van der Waals surface area (Å²) in [4.78, 5) is 0. The predicted molar refractivity (Wildman–Crippen MR) is 87.4 cm³/mol. The fraction of sp³-hybridized carbons (Fsp3) is 0.250. The van der Waals surface area contributed by atoms with Gasteiger partial charge in [-0.05, 0) is 49.2 Å². The van der Waals surface area contributed by atoms with Crippen LogP contribution in [0.1, 0.15) is 31.0 Å². The lowest BCUT2D eigenvalue weighted by atomic mass is 10.00. The van der Waals surface area contributed by atoms with Crippen LogP contribution in [0.5, 0.6) is 5.75 Å². The fourth-order valence-electron chi connectivity index (χ4n) is 1.96. The molecule has 2 rings (SSSR count). The van der Waals surface area contributed by atoms with E-state index in [0.29, 0.717) is 5.02 Å². The average Bonchev–Trinajstić information content (AvgIpc) is 2.38. The summed E-state index contributed by atoms with van der Waals surface area (Å²) in [6.45, 7) is 4.01. The second-order valence-electron chi connectivity index (χ2n) is 4.88. The number of rotatable bonds is 4. The minimum Gasteiger partial charge on any atom is -0.491 e. The summed E-state index contributed by atoms with van der Waals surface area (Å²) in [5.74, 6) is 0.853. The topological polar surface area (TPSA) is 35.2 Å². The highest BCUT2D eigenvalue weighted by Crippen LogP contribution is 2.30. The van der Waals surface area contributed by atoms with E-state index in [0.717, 1.165) is 21.3 Å². The Balaban J connectivity index is 2.22. The summed E-state index contributed by atoms with van der Waals surface area (Å²) in [5.41, 5.74) is 8.34. The van der Waals surface area contributed by atoms with Gasteiger partial charge in [-0.2, -0.15) is 0 Å². The Kier molecular flexibility index (Phi) is 5.08. The van der Waals surface area contributed by atoms with Crippen LogP contribution in [-0.4, -0.2) is 6.10 Å². The quantitative estimate of drug-likeness (QED) is 0.844. The lowest BCUT2D eigenvalue weighted by Crippen LogP contribution is -2.12. The molecule has 0 aliphatic carbocycles. The monoisotopic (exact) mass is 353 g/mol. The minimum atomic E-state index is -0.199. The van der Waals surface area contributed by atoms with E-state index in [1.54, 1.807) is 0 Å². The van der Waals surface area contributed by atoms with Crippen molar-refractivity contribution in [1.29, 1.82) is 0 Å². The van der Waals surface area contributed by atoms with Crippen LogP contribution in [0.2, 0.25) is 5.02 Å². The van der Waals surface area contributed by atoms with Gasteiger partial charge in [-0.1, -0.05) is 45.7 Å². The number of ether oxygens (including phenoxy) is 1. The molecule has 2 nitrogen and oxygen atoms in total. The van der Waals surface area contributed by atoms with E-state index < -0.39 is 0 Å². The van der Waals surface area contributed by atoms with Crippen LogP contribution in [0.3, 0.4) is 0 Å². The van der Waals surface area contributed by atoms with Gasteiger partial charge in [-0.25, -0.2) is 0 Å². The Morgan fingerprint density at radius 1 is 1.10 bits per heavy atom. The van der Waals surface area contributed by atoms with Gasteiger partial charge >= 0.3 is 0 Å². The Hall–Kier alpha value is -1.03. The van der Waals surface area contributed by atoms with E-state index >= 15 is 0 Å². The molecule has 20 heavy (non-hydrogen) atoms. The molecule has 0 heterocycles. The number of nitrogens with two attached hydrogens (primary N) is 1. The van der Waals surface area contributed by atoms with Crippen molar-refractivity contribution in [2.24, 2.45) is 5.73 Å². The van der Waals surface area contributed by atoms with Crippen molar-refractivity contribution in [3.8, 4) is 5.75 Å². The normalized spacial score (nSPS) is 12.5. The molecule has 0 aliphatic rings. The SMILES string of the molecule is CC(C)Oc1ccc(C(N)c2ccc(Cl)cc2Br)cc1. The van der Waals surface area contributed by atoms with Crippen molar-refractivity contribution in [1.82, 2.24) is 0 Å². The van der Waals surface area contributed by atoms with Crippen LogP contribution in [-0.2, 0) is 0 Å². The number of hydrogen-bond donors (Lipinski definition) is 1. The van der Waals surface area contributed by atoms with Crippen molar-refractivity contribution >= 4 is 27.5 Å². The molecule has 0 radical (unpaired) electrons. The molecule has 2 aromatic carbocycles. The molecule has 0 spiro atoms. The third-order valence-corrected chi connectivity index (χ3v) is 3.83. The van der Waals surface area contributed by atoms with Gasteiger partial charge in [0.05, 0.1) is 12.1 Å². The maximum Gasteiger partial charge on any atom is 0.119 e. The molecule has 0 aliphatic heterocycles. The van der Waals surface area contributed by atoms with Gasteiger partial charge in [0.25, 0.3) is 0 Å². The molecule has 4 heteroatoms. The van der Waals surface area contributed by atoms with Crippen molar-refractivity contribution in [3.63, 3.8) is 0 Å². The van der Waals surface area contributed by atoms with Gasteiger partial charge in [-0.15, -0.1) is 0 Å². The molecular weight excluding hydrogens is 338 g/mol. The van der Waals surface area contributed by atoms with E-state index in [4.69, 9.17) is 22.1 Å². The molecule has 0 saturated heterocycles. The molecule has 1 unspecified atom stereocenters. The Morgan fingerprint density at radius 2 is 1.75 bits per heavy atom. The van der Waals surface area contributed by atoms with Gasteiger partial charge in [0.2, 0.25) is 0 Å².